The Morgan fingerprint density at radius 1 is 1.13 bits per heavy atom. The van der Waals surface area contributed by atoms with Crippen molar-refractivity contribution >= 4 is 17.6 Å². The van der Waals surface area contributed by atoms with Gasteiger partial charge >= 0.3 is 5.97 Å². The molecule has 2 aliphatic heterocycles. The number of carbonyl (C=O) groups excluding carboxylic acids is 1. The first-order valence-corrected chi connectivity index (χ1v) is 10.1. The molecule has 1 aliphatic carbocycles. The monoisotopic (exact) mass is 406 g/mol. The van der Waals surface area contributed by atoms with Crippen LogP contribution in [0.15, 0.2) is 48.6 Å². The number of ether oxygens (including phenoxy) is 2. The minimum atomic E-state index is -0.932. The number of allylic oxidation sites excluding steroid dienone is 2. The number of benzene rings is 2. The summed E-state index contributed by atoms with van der Waals surface area (Å²) in [6, 6.07) is 11.8. The van der Waals surface area contributed by atoms with Gasteiger partial charge in [-0.2, -0.15) is 0 Å². The van der Waals surface area contributed by atoms with E-state index in [0.717, 1.165) is 34.7 Å². The lowest BCUT2D eigenvalue weighted by Gasteiger charge is -2.37. The van der Waals surface area contributed by atoms with E-state index >= 15 is 0 Å². The van der Waals surface area contributed by atoms with Gasteiger partial charge in [0.15, 0.2) is 11.5 Å². The zero-order valence-corrected chi connectivity index (χ0v) is 16.3. The predicted molar refractivity (Wildman–Crippen MR) is 110 cm³/mol. The Morgan fingerprint density at radius 2 is 2.00 bits per heavy atom. The molecule has 0 aromatic heterocycles. The van der Waals surface area contributed by atoms with Crippen LogP contribution in [-0.2, 0) is 4.79 Å². The summed E-state index contributed by atoms with van der Waals surface area (Å²) >= 11 is 0. The van der Waals surface area contributed by atoms with Gasteiger partial charge < -0.3 is 25.2 Å². The van der Waals surface area contributed by atoms with Crippen molar-refractivity contribution in [1.82, 2.24) is 5.32 Å². The Hall–Kier alpha value is -3.48. The van der Waals surface area contributed by atoms with Gasteiger partial charge in [-0.25, -0.2) is 0 Å². The minimum absolute atomic E-state index is 0.0944. The third-order valence-electron chi connectivity index (χ3n) is 6.01. The first-order chi connectivity index (χ1) is 14.6. The maximum atomic E-state index is 12.4. The van der Waals surface area contributed by atoms with E-state index < -0.39 is 5.97 Å². The van der Waals surface area contributed by atoms with Crippen molar-refractivity contribution in [3.8, 4) is 11.5 Å². The zero-order valence-electron chi connectivity index (χ0n) is 16.3. The van der Waals surface area contributed by atoms with Crippen LogP contribution < -0.4 is 20.1 Å². The maximum absolute atomic E-state index is 12.4. The van der Waals surface area contributed by atoms with Crippen molar-refractivity contribution in [2.24, 2.45) is 5.92 Å². The molecule has 0 fully saturated rings. The van der Waals surface area contributed by atoms with Gasteiger partial charge in [-0.3, -0.25) is 9.59 Å². The lowest BCUT2D eigenvalue weighted by atomic mass is 9.76. The summed E-state index contributed by atoms with van der Waals surface area (Å²) < 4.78 is 11.0. The van der Waals surface area contributed by atoms with Crippen LogP contribution in [0.4, 0.5) is 5.69 Å². The summed E-state index contributed by atoms with van der Waals surface area (Å²) in [6.45, 7) is 0.367. The molecule has 0 saturated carbocycles. The summed E-state index contributed by atoms with van der Waals surface area (Å²) in [5, 5.41) is 15.1. The second kappa shape index (κ2) is 7.40. The Morgan fingerprint density at radius 3 is 2.87 bits per heavy atom. The summed E-state index contributed by atoms with van der Waals surface area (Å²) in [7, 11) is 0. The maximum Gasteiger partial charge on any atom is 0.305 e. The Kier molecular flexibility index (Phi) is 4.58. The summed E-state index contributed by atoms with van der Waals surface area (Å²) in [5.74, 6) is 0.908. The van der Waals surface area contributed by atoms with Gasteiger partial charge in [-0.05, 0) is 53.8 Å². The first kappa shape index (κ1) is 18.5. The highest BCUT2D eigenvalue weighted by Crippen LogP contribution is 2.50. The highest BCUT2D eigenvalue weighted by molar-refractivity contribution is 5.95. The molecule has 7 heteroatoms. The average molecular weight is 406 g/mol. The lowest BCUT2D eigenvalue weighted by molar-refractivity contribution is -0.136. The molecule has 3 aliphatic rings. The van der Waals surface area contributed by atoms with Crippen LogP contribution in [0, 0.1) is 5.92 Å². The molecule has 0 unspecified atom stereocenters. The van der Waals surface area contributed by atoms with Crippen LogP contribution in [0.5, 0.6) is 11.5 Å². The van der Waals surface area contributed by atoms with Crippen LogP contribution in [0.1, 0.15) is 46.3 Å². The van der Waals surface area contributed by atoms with Crippen LogP contribution in [0.2, 0.25) is 0 Å². The topological polar surface area (TPSA) is 96.9 Å². The molecule has 3 N–H and O–H groups in total. The Bertz CT molecular complexity index is 1050. The minimum Gasteiger partial charge on any atom is -0.481 e. The van der Waals surface area contributed by atoms with E-state index in [9.17, 15) is 9.59 Å². The predicted octanol–water partition coefficient (Wildman–Crippen LogP) is 3.45. The number of anilines is 1. The van der Waals surface area contributed by atoms with E-state index in [1.54, 1.807) is 6.07 Å². The second-order valence-corrected chi connectivity index (χ2v) is 7.79. The van der Waals surface area contributed by atoms with Crippen molar-refractivity contribution < 1.29 is 24.2 Å². The number of hydrogen-bond donors (Lipinski definition) is 3. The number of carboxylic acids is 1. The van der Waals surface area contributed by atoms with Gasteiger partial charge in [0, 0.05) is 23.7 Å². The number of nitrogens with one attached hydrogen (secondary N) is 2. The number of carbonyl (C=O) groups is 2. The van der Waals surface area contributed by atoms with Gasteiger partial charge in [-0.1, -0.05) is 18.2 Å². The third-order valence-corrected chi connectivity index (χ3v) is 6.01. The number of fused-ring (bicyclic) bond motifs is 4. The smallest absolute Gasteiger partial charge is 0.305 e. The van der Waals surface area contributed by atoms with Gasteiger partial charge in [0.05, 0.1) is 12.5 Å². The lowest BCUT2D eigenvalue weighted by Crippen LogP contribution is -2.30. The molecular weight excluding hydrogens is 384 g/mol. The van der Waals surface area contributed by atoms with E-state index in [2.05, 4.69) is 28.9 Å². The molecule has 0 bridgehead atoms. The van der Waals surface area contributed by atoms with Crippen LogP contribution in [0.25, 0.3) is 0 Å². The molecule has 0 saturated heterocycles. The molecular formula is C23H22N2O5. The van der Waals surface area contributed by atoms with Crippen molar-refractivity contribution in [2.45, 2.75) is 24.8 Å². The fourth-order valence-corrected chi connectivity index (χ4v) is 4.56. The molecule has 1 amide bonds. The number of carboxylic acid groups (broad SMARTS) is 1. The van der Waals surface area contributed by atoms with Crippen LogP contribution in [-0.4, -0.2) is 30.3 Å². The highest BCUT2D eigenvalue weighted by atomic mass is 16.7. The Balaban J connectivity index is 1.41. The van der Waals surface area contributed by atoms with Gasteiger partial charge in [0.2, 0.25) is 6.79 Å². The molecule has 7 nitrogen and oxygen atoms in total. The van der Waals surface area contributed by atoms with Crippen molar-refractivity contribution in [1.29, 1.82) is 0 Å². The SMILES string of the molecule is O=C(O)CCNC(=O)c1ccc2c(c1)[C@@H]1C=CC[C@@H]1[C@@H](c1ccc3c(c1)OCO3)N2. The molecule has 2 aromatic carbocycles. The number of hydrogen-bond acceptors (Lipinski definition) is 5. The van der Waals surface area contributed by atoms with E-state index in [-0.39, 0.29) is 37.6 Å². The van der Waals surface area contributed by atoms with E-state index in [1.807, 2.05) is 24.3 Å². The second-order valence-electron chi connectivity index (χ2n) is 7.79. The van der Waals surface area contributed by atoms with Gasteiger partial charge in [-0.15, -0.1) is 0 Å². The van der Waals surface area contributed by atoms with Crippen molar-refractivity contribution in [3.05, 3.63) is 65.2 Å². The number of amides is 1. The molecule has 2 aromatic rings. The normalized spacial score (nSPS) is 22.7. The van der Waals surface area contributed by atoms with E-state index in [4.69, 9.17) is 14.6 Å². The third kappa shape index (κ3) is 3.26. The summed E-state index contributed by atoms with van der Waals surface area (Å²) in [6.07, 6.45) is 5.27. The van der Waals surface area contributed by atoms with E-state index in [1.165, 1.54) is 0 Å². The zero-order chi connectivity index (χ0) is 20.7. The Labute approximate surface area is 173 Å². The fraction of sp³-hybridized carbons (Fsp3) is 0.304. The van der Waals surface area contributed by atoms with Crippen molar-refractivity contribution in [3.63, 3.8) is 0 Å². The van der Waals surface area contributed by atoms with Gasteiger partial charge in [0.25, 0.3) is 5.91 Å². The molecule has 0 radical (unpaired) electrons. The first-order valence-electron chi connectivity index (χ1n) is 10.1. The van der Waals surface area contributed by atoms with Gasteiger partial charge in [0.1, 0.15) is 0 Å². The fourth-order valence-electron chi connectivity index (χ4n) is 4.56. The average Bonchev–Trinajstić information content (AvgIpc) is 3.41. The van der Waals surface area contributed by atoms with Crippen LogP contribution >= 0.6 is 0 Å². The quantitative estimate of drug-likeness (QED) is 0.658. The molecule has 2 heterocycles. The summed E-state index contributed by atoms with van der Waals surface area (Å²) in [4.78, 5) is 23.1. The molecule has 0 spiro atoms. The largest absolute Gasteiger partial charge is 0.481 e. The number of rotatable bonds is 5. The number of aliphatic carboxylic acids is 1. The molecule has 30 heavy (non-hydrogen) atoms. The van der Waals surface area contributed by atoms with Crippen LogP contribution in [0.3, 0.4) is 0 Å². The standard InChI is InChI=1S/C23H22N2O5/c26-21(27)8-9-24-23(28)14-4-6-18-17(10-14)15-2-1-3-16(15)22(25-18)13-5-7-19-20(11-13)30-12-29-19/h1-2,4-7,10-11,15-16,22,25H,3,8-9,12H2,(H,24,28)(H,26,27)/t15-,16+,22-/m1/s1. The summed E-state index contributed by atoms with van der Waals surface area (Å²) in [5.41, 5.74) is 3.80. The molecule has 5 rings (SSSR count). The van der Waals surface area contributed by atoms with E-state index in [0.29, 0.717) is 11.5 Å². The van der Waals surface area contributed by atoms with Crippen molar-refractivity contribution in [2.75, 3.05) is 18.7 Å². The highest BCUT2D eigenvalue weighted by Gasteiger charge is 2.38. The molecule has 3 atom stereocenters. The molecule has 154 valence electrons.